The van der Waals surface area contributed by atoms with Gasteiger partial charge in [-0.2, -0.15) is 0 Å². The van der Waals surface area contributed by atoms with Gasteiger partial charge in [0, 0.05) is 42.6 Å². The molecule has 1 spiro atoms. The van der Waals surface area contributed by atoms with Crippen molar-refractivity contribution in [1.29, 1.82) is 0 Å². The molecule has 1 saturated heterocycles. The Balaban J connectivity index is 1.50. The molecule has 0 bridgehead atoms. The highest BCUT2D eigenvalue weighted by Gasteiger charge is 2.41. The van der Waals surface area contributed by atoms with Crippen molar-refractivity contribution in [3.05, 3.63) is 52.5 Å². The first-order valence-electron chi connectivity index (χ1n) is 9.36. The van der Waals surface area contributed by atoms with Crippen molar-refractivity contribution in [3.8, 4) is 11.5 Å². The summed E-state index contributed by atoms with van der Waals surface area (Å²) in [7, 11) is 3.10. The Morgan fingerprint density at radius 3 is 2.31 bits per heavy atom. The molecule has 7 nitrogen and oxygen atoms in total. The third-order valence-corrected chi connectivity index (χ3v) is 5.69. The largest absolute Gasteiger partial charge is 0.497 e. The van der Waals surface area contributed by atoms with E-state index in [-0.39, 0.29) is 11.8 Å². The van der Waals surface area contributed by atoms with Crippen molar-refractivity contribution in [2.24, 2.45) is 0 Å². The van der Waals surface area contributed by atoms with Crippen LogP contribution in [0.1, 0.15) is 33.6 Å². The number of carbonyl (C=O) groups is 2. The summed E-state index contributed by atoms with van der Waals surface area (Å²) in [6.07, 6.45) is 1.16. The number of hydrogen-bond acceptors (Lipinski definition) is 5. The molecule has 0 unspecified atom stereocenters. The molecule has 0 atom stereocenters. The second-order valence-corrected chi connectivity index (χ2v) is 7.68. The van der Waals surface area contributed by atoms with Gasteiger partial charge in [-0.25, -0.2) is 0 Å². The summed E-state index contributed by atoms with van der Waals surface area (Å²) in [5, 5.41) is 7.07. The van der Waals surface area contributed by atoms with Gasteiger partial charge >= 0.3 is 0 Å². The minimum absolute atomic E-state index is 0.0948. The van der Waals surface area contributed by atoms with E-state index in [0.29, 0.717) is 53.6 Å². The molecule has 0 radical (unpaired) electrons. The van der Waals surface area contributed by atoms with Gasteiger partial charge in [-0.3, -0.25) is 9.59 Å². The van der Waals surface area contributed by atoms with Gasteiger partial charge in [0.15, 0.2) is 0 Å². The van der Waals surface area contributed by atoms with E-state index in [0.717, 1.165) is 5.69 Å². The summed E-state index contributed by atoms with van der Waals surface area (Å²) in [5.41, 5.74) is 1.22. The van der Waals surface area contributed by atoms with E-state index in [1.165, 1.54) is 0 Å². The van der Waals surface area contributed by atoms with Gasteiger partial charge < -0.3 is 25.0 Å². The first-order valence-corrected chi connectivity index (χ1v) is 9.73. The van der Waals surface area contributed by atoms with Gasteiger partial charge in [0.25, 0.3) is 11.8 Å². The first-order chi connectivity index (χ1) is 13.9. The number of benzene rings is 2. The molecule has 2 aliphatic rings. The van der Waals surface area contributed by atoms with E-state index >= 15 is 0 Å². The number of halogens is 1. The van der Waals surface area contributed by atoms with Crippen LogP contribution in [0.3, 0.4) is 0 Å². The summed E-state index contributed by atoms with van der Waals surface area (Å²) < 4.78 is 10.5. The lowest BCUT2D eigenvalue weighted by Gasteiger charge is -2.46. The van der Waals surface area contributed by atoms with E-state index < -0.39 is 5.66 Å². The third kappa shape index (κ3) is 3.70. The Morgan fingerprint density at radius 2 is 1.69 bits per heavy atom. The molecule has 0 aromatic heterocycles. The van der Waals surface area contributed by atoms with Gasteiger partial charge in [0.2, 0.25) is 0 Å². The molecule has 2 aromatic rings. The Kier molecular flexibility index (Phi) is 5.00. The molecular formula is C21H22ClN3O4. The number of fused-ring (bicyclic) bond motifs is 1. The lowest BCUT2D eigenvalue weighted by atomic mass is 9.92. The molecule has 2 aromatic carbocycles. The smallest absolute Gasteiger partial charge is 0.255 e. The van der Waals surface area contributed by atoms with Crippen LogP contribution in [0.4, 0.5) is 5.69 Å². The van der Waals surface area contributed by atoms with Crippen molar-refractivity contribution < 1.29 is 19.1 Å². The van der Waals surface area contributed by atoms with E-state index in [1.54, 1.807) is 55.5 Å². The van der Waals surface area contributed by atoms with Crippen LogP contribution in [0.15, 0.2) is 36.4 Å². The fraction of sp³-hybridized carbons (Fsp3) is 0.333. The number of nitrogens with zero attached hydrogens (tertiary/aromatic N) is 1. The molecule has 2 N–H and O–H groups in total. The summed E-state index contributed by atoms with van der Waals surface area (Å²) in [6.45, 7) is 1.00. The van der Waals surface area contributed by atoms with Crippen LogP contribution in [-0.2, 0) is 0 Å². The lowest BCUT2D eigenvalue weighted by Crippen LogP contribution is -2.62. The van der Waals surface area contributed by atoms with Crippen LogP contribution >= 0.6 is 11.6 Å². The van der Waals surface area contributed by atoms with E-state index in [2.05, 4.69) is 10.6 Å². The van der Waals surface area contributed by atoms with Crippen molar-refractivity contribution in [3.63, 3.8) is 0 Å². The Morgan fingerprint density at radius 1 is 1.03 bits per heavy atom. The zero-order valence-electron chi connectivity index (χ0n) is 16.3. The molecule has 4 rings (SSSR count). The fourth-order valence-corrected chi connectivity index (χ4v) is 4.02. The average molecular weight is 416 g/mol. The maximum atomic E-state index is 13.0. The van der Waals surface area contributed by atoms with Crippen LogP contribution in [0.2, 0.25) is 5.02 Å². The highest BCUT2D eigenvalue weighted by atomic mass is 35.5. The summed E-state index contributed by atoms with van der Waals surface area (Å²) in [4.78, 5) is 27.3. The molecule has 2 aliphatic heterocycles. The van der Waals surface area contributed by atoms with Gasteiger partial charge in [-0.1, -0.05) is 11.6 Å². The number of likely N-dealkylation sites (tertiary alicyclic amines) is 1. The van der Waals surface area contributed by atoms with Crippen molar-refractivity contribution in [2.75, 3.05) is 32.6 Å². The predicted octanol–water partition coefficient (Wildman–Crippen LogP) is 3.15. The molecule has 0 saturated carbocycles. The zero-order valence-corrected chi connectivity index (χ0v) is 17.0. The maximum Gasteiger partial charge on any atom is 0.255 e. The summed E-state index contributed by atoms with van der Waals surface area (Å²) >= 11 is 6.09. The Hall–Kier alpha value is -2.93. The summed E-state index contributed by atoms with van der Waals surface area (Å²) in [6, 6.07) is 10.3. The number of rotatable bonds is 3. The minimum Gasteiger partial charge on any atom is -0.497 e. The van der Waals surface area contributed by atoms with Crippen molar-refractivity contribution >= 4 is 29.1 Å². The number of carbonyl (C=O) groups excluding carboxylic acids is 2. The quantitative estimate of drug-likeness (QED) is 0.805. The first kappa shape index (κ1) is 19.4. The van der Waals surface area contributed by atoms with Crippen LogP contribution in [0.5, 0.6) is 11.5 Å². The molecule has 2 heterocycles. The van der Waals surface area contributed by atoms with E-state index in [1.807, 2.05) is 0 Å². The second kappa shape index (κ2) is 7.48. The third-order valence-electron chi connectivity index (χ3n) is 5.46. The van der Waals surface area contributed by atoms with Gasteiger partial charge in [0.05, 0.1) is 25.5 Å². The monoisotopic (exact) mass is 415 g/mol. The SMILES string of the molecule is COc1cc(OC)cc(C(=O)N2CCC3(CC2)NC(=O)c2ccc(Cl)cc2N3)c1. The van der Waals surface area contributed by atoms with Crippen LogP contribution < -0.4 is 20.1 Å². The molecule has 2 amide bonds. The number of methoxy groups -OCH3 is 2. The number of hydrogen-bond donors (Lipinski definition) is 2. The predicted molar refractivity (Wildman–Crippen MR) is 110 cm³/mol. The maximum absolute atomic E-state index is 13.0. The topological polar surface area (TPSA) is 79.9 Å². The van der Waals surface area contributed by atoms with Gasteiger partial charge in [-0.05, 0) is 30.3 Å². The highest BCUT2D eigenvalue weighted by molar-refractivity contribution is 6.31. The van der Waals surface area contributed by atoms with Gasteiger partial charge in [-0.15, -0.1) is 0 Å². The number of nitrogens with one attached hydrogen (secondary N) is 2. The fourth-order valence-electron chi connectivity index (χ4n) is 3.85. The molecule has 152 valence electrons. The van der Waals surface area contributed by atoms with Gasteiger partial charge in [0.1, 0.15) is 17.2 Å². The van der Waals surface area contributed by atoms with Crippen LogP contribution in [0.25, 0.3) is 0 Å². The summed E-state index contributed by atoms with van der Waals surface area (Å²) in [5.74, 6) is 0.905. The highest BCUT2D eigenvalue weighted by Crippen LogP contribution is 2.33. The zero-order chi connectivity index (χ0) is 20.6. The van der Waals surface area contributed by atoms with Crippen molar-refractivity contribution in [2.45, 2.75) is 18.5 Å². The normalized spacial score (nSPS) is 17.2. The average Bonchev–Trinajstić information content (AvgIpc) is 2.73. The molecule has 0 aliphatic carbocycles. The number of ether oxygens (including phenoxy) is 2. The molecule has 1 fully saturated rings. The Bertz CT molecular complexity index is 948. The second-order valence-electron chi connectivity index (χ2n) is 7.24. The lowest BCUT2D eigenvalue weighted by molar-refractivity contribution is 0.0639. The van der Waals surface area contributed by atoms with Crippen LogP contribution in [0, 0.1) is 0 Å². The Labute approximate surface area is 173 Å². The molecule has 8 heteroatoms. The number of amides is 2. The number of anilines is 1. The van der Waals surface area contributed by atoms with E-state index in [4.69, 9.17) is 21.1 Å². The minimum atomic E-state index is -0.586. The molecular weight excluding hydrogens is 394 g/mol. The molecule has 29 heavy (non-hydrogen) atoms. The van der Waals surface area contributed by atoms with E-state index in [9.17, 15) is 9.59 Å². The van der Waals surface area contributed by atoms with Crippen LogP contribution in [-0.4, -0.2) is 49.7 Å². The van der Waals surface area contributed by atoms with Crippen molar-refractivity contribution in [1.82, 2.24) is 10.2 Å². The number of piperidine rings is 1. The standard InChI is InChI=1S/C21H22ClN3O4/c1-28-15-9-13(10-16(12-15)29-2)20(27)25-7-5-21(6-8-25)23-18-11-14(22)3-4-17(18)19(26)24-21/h3-4,9-12,23H,5-8H2,1-2H3,(H,24,26).